The van der Waals surface area contributed by atoms with Crippen LogP contribution in [-0.4, -0.2) is 35.4 Å². The van der Waals surface area contributed by atoms with Crippen LogP contribution in [0.3, 0.4) is 0 Å². The van der Waals surface area contributed by atoms with E-state index in [1.165, 1.54) is 30.2 Å². The molecule has 7 nitrogen and oxygen atoms in total. The van der Waals surface area contributed by atoms with Gasteiger partial charge >= 0.3 is 0 Å². The number of hydrogen-bond donors (Lipinski definition) is 1. The molecule has 2 aromatic heterocycles. The van der Waals surface area contributed by atoms with Crippen molar-refractivity contribution in [2.24, 2.45) is 0 Å². The number of ether oxygens (including phenoxy) is 2. The van der Waals surface area contributed by atoms with Gasteiger partial charge in [0.05, 0.1) is 31.0 Å². The van der Waals surface area contributed by atoms with Crippen LogP contribution in [0.5, 0.6) is 11.5 Å². The number of anilines is 1. The molecule has 0 radical (unpaired) electrons. The summed E-state index contributed by atoms with van der Waals surface area (Å²) in [6.07, 6.45) is 1.65. The first-order valence-electron chi connectivity index (χ1n) is 10.4. The SMILES string of the molecule is C=CCn1c(SCC(=O)Nc2cc(OC)ccc2OC)nc2scc(-c3ccccc3)c2c1=O. The lowest BCUT2D eigenvalue weighted by molar-refractivity contribution is -0.113. The Morgan fingerprint density at radius 3 is 2.71 bits per heavy atom. The maximum absolute atomic E-state index is 13.4. The first-order chi connectivity index (χ1) is 16.5. The molecular formula is C25H23N3O4S2. The Kier molecular flexibility index (Phi) is 7.34. The van der Waals surface area contributed by atoms with Gasteiger partial charge in [0, 0.05) is 23.6 Å². The number of methoxy groups -OCH3 is 2. The van der Waals surface area contributed by atoms with Crippen molar-refractivity contribution in [3.8, 4) is 22.6 Å². The number of thiophene rings is 1. The summed E-state index contributed by atoms with van der Waals surface area (Å²) in [7, 11) is 3.09. The number of amides is 1. The second-order valence-corrected chi connectivity index (χ2v) is 9.00. The summed E-state index contributed by atoms with van der Waals surface area (Å²) in [5.74, 6) is 0.927. The summed E-state index contributed by atoms with van der Waals surface area (Å²) in [6.45, 7) is 4.06. The van der Waals surface area contributed by atoms with E-state index in [2.05, 4.69) is 11.9 Å². The Bertz CT molecular complexity index is 1400. The number of fused-ring (bicyclic) bond motifs is 1. The van der Waals surface area contributed by atoms with Crippen LogP contribution < -0.4 is 20.3 Å². The lowest BCUT2D eigenvalue weighted by Crippen LogP contribution is -2.23. The van der Waals surface area contributed by atoms with E-state index in [4.69, 9.17) is 14.5 Å². The van der Waals surface area contributed by atoms with Gasteiger partial charge in [-0.25, -0.2) is 4.98 Å². The largest absolute Gasteiger partial charge is 0.497 e. The van der Waals surface area contributed by atoms with Crippen molar-refractivity contribution in [2.75, 3.05) is 25.3 Å². The molecule has 34 heavy (non-hydrogen) atoms. The molecule has 0 saturated carbocycles. The Labute approximate surface area is 205 Å². The molecule has 1 amide bonds. The van der Waals surface area contributed by atoms with Crippen LogP contribution in [0.2, 0.25) is 0 Å². The Morgan fingerprint density at radius 1 is 1.21 bits per heavy atom. The molecule has 0 spiro atoms. The summed E-state index contributed by atoms with van der Waals surface area (Å²) >= 11 is 2.61. The van der Waals surface area contributed by atoms with Gasteiger partial charge in [0.15, 0.2) is 5.16 Å². The zero-order valence-electron chi connectivity index (χ0n) is 18.7. The highest BCUT2D eigenvalue weighted by molar-refractivity contribution is 7.99. The van der Waals surface area contributed by atoms with Crippen LogP contribution in [0.4, 0.5) is 5.69 Å². The van der Waals surface area contributed by atoms with Gasteiger partial charge in [0.25, 0.3) is 5.56 Å². The Morgan fingerprint density at radius 2 is 2.00 bits per heavy atom. The maximum Gasteiger partial charge on any atom is 0.263 e. The molecule has 0 unspecified atom stereocenters. The minimum absolute atomic E-state index is 0.0619. The highest BCUT2D eigenvalue weighted by Crippen LogP contribution is 2.32. The highest BCUT2D eigenvalue weighted by atomic mass is 32.2. The lowest BCUT2D eigenvalue weighted by Gasteiger charge is -2.13. The van der Waals surface area contributed by atoms with Crippen molar-refractivity contribution in [3.05, 3.63) is 76.9 Å². The predicted molar refractivity (Wildman–Crippen MR) is 138 cm³/mol. The third kappa shape index (κ3) is 4.85. The lowest BCUT2D eigenvalue weighted by atomic mass is 10.1. The number of aromatic nitrogens is 2. The van der Waals surface area contributed by atoms with E-state index in [9.17, 15) is 9.59 Å². The molecular weight excluding hydrogens is 470 g/mol. The quantitative estimate of drug-likeness (QED) is 0.199. The van der Waals surface area contributed by atoms with E-state index in [-0.39, 0.29) is 17.2 Å². The molecule has 0 aliphatic heterocycles. The Hall–Kier alpha value is -3.56. The standard InChI is InChI=1S/C25H23N3O4S2/c1-4-12-28-24(30)22-18(16-8-6-5-7-9-16)14-33-23(22)27-25(28)34-15-21(29)26-19-13-17(31-2)10-11-20(19)32-3/h4-11,13-14H,1,12,15H2,2-3H3,(H,26,29). The van der Waals surface area contributed by atoms with Crippen LogP contribution in [0.15, 0.2) is 76.5 Å². The molecule has 0 saturated heterocycles. The molecule has 9 heteroatoms. The predicted octanol–water partition coefficient (Wildman–Crippen LogP) is 5.06. The van der Waals surface area contributed by atoms with Crippen LogP contribution in [0.1, 0.15) is 0 Å². The molecule has 0 fully saturated rings. The van der Waals surface area contributed by atoms with Crippen molar-refractivity contribution < 1.29 is 14.3 Å². The highest BCUT2D eigenvalue weighted by Gasteiger charge is 2.18. The van der Waals surface area contributed by atoms with Crippen molar-refractivity contribution in [2.45, 2.75) is 11.7 Å². The van der Waals surface area contributed by atoms with Crippen molar-refractivity contribution in [3.63, 3.8) is 0 Å². The maximum atomic E-state index is 13.4. The third-order valence-corrected chi connectivity index (χ3v) is 6.92. The monoisotopic (exact) mass is 493 g/mol. The summed E-state index contributed by atoms with van der Waals surface area (Å²) in [5, 5.41) is 5.83. The number of rotatable bonds is 9. The van der Waals surface area contributed by atoms with Crippen LogP contribution in [-0.2, 0) is 11.3 Å². The normalized spacial score (nSPS) is 10.8. The topological polar surface area (TPSA) is 82.5 Å². The van der Waals surface area contributed by atoms with E-state index in [1.54, 1.807) is 36.0 Å². The molecule has 1 N–H and O–H groups in total. The second-order valence-electron chi connectivity index (χ2n) is 7.20. The molecule has 0 aliphatic carbocycles. The van der Waals surface area contributed by atoms with Gasteiger partial charge in [0.1, 0.15) is 16.3 Å². The summed E-state index contributed by atoms with van der Waals surface area (Å²) in [5.41, 5.74) is 2.17. The molecule has 4 rings (SSSR count). The number of thioether (sulfide) groups is 1. The average molecular weight is 494 g/mol. The van der Waals surface area contributed by atoms with Crippen LogP contribution in [0.25, 0.3) is 21.3 Å². The molecule has 2 aromatic carbocycles. The second kappa shape index (κ2) is 10.6. The number of nitrogens with one attached hydrogen (secondary N) is 1. The fourth-order valence-corrected chi connectivity index (χ4v) is 5.26. The first-order valence-corrected chi connectivity index (χ1v) is 12.2. The fourth-order valence-electron chi connectivity index (χ4n) is 3.46. The van der Waals surface area contributed by atoms with E-state index in [0.29, 0.717) is 39.1 Å². The number of hydrogen-bond acceptors (Lipinski definition) is 7. The van der Waals surface area contributed by atoms with Gasteiger partial charge in [-0.1, -0.05) is 48.2 Å². The third-order valence-electron chi connectivity index (χ3n) is 5.07. The molecule has 4 aromatic rings. The molecule has 0 bridgehead atoms. The van der Waals surface area contributed by atoms with Gasteiger partial charge in [-0.3, -0.25) is 14.2 Å². The summed E-state index contributed by atoms with van der Waals surface area (Å²) in [6, 6.07) is 14.9. The molecule has 2 heterocycles. The fraction of sp³-hybridized carbons (Fsp3) is 0.160. The molecule has 0 aliphatic rings. The minimum atomic E-state index is -0.257. The number of benzene rings is 2. The van der Waals surface area contributed by atoms with Crippen molar-refractivity contribution in [1.82, 2.24) is 9.55 Å². The van der Waals surface area contributed by atoms with Crippen molar-refractivity contribution >= 4 is 44.9 Å². The average Bonchev–Trinajstić information content (AvgIpc) is 3.29. The van der Waals surface area contributed by atoms with Gasteiger partial charge < -0.3 is 14.8 Å². The minimum Gasteiger partial charge on any atom is -0.497 e. The van der Waals surface area contributed by atoms with E-state index in [0.717, 1.165) is 11.1 Å². The number of carbonyl (C=O) groups is 1. The van der Waals surface area contributed by atoms with Gasteiger partial charge in [-0.15, -0.1) is 17.9 Å². The van der Waals surface area contributed by atoms with Crippen LogP contribution in [0, 0.1) is 0 Å². The zero-order valence-corrected chi connectivity index (χ0v) is 20.4. The molecule has 174 valence electrons. The van der Waals surface area contributed by atoms with E-state index in [1.807, 2.05) is 35.7 Å². The van der Waals surface area contributed by atoms with Crippen LogP contribution >= 0.6 is 23.1 Å². The summed E-state index contributed by atoms with van der Waals surface area (Å²) in [4.78, 5) is 31.5. The van der Waals surface area contributed by atoms with Gasteiger partial charge in [-0.2, -0.15) is 0 Å². The van der Waals surface area contributed by atoms with Crippen molar-refractivity contribution in [1.29, 1.82) is 0 Å². The molecule has 0 atom stereocenters. The van der Waals surface area contributed by atoms with Gasteiger partial charge in [-0.05, 0) is 17.7 Å². The Balaban J connectivity index is 1.61. The first kappa shape index (κ1) is 23.6. The number of allylic oxidation sites excluding steroid dienone is 1. The number of carbonyl (C=O) groups excluding carboxylic acids is 1. The van der Waals surface area contributed by atoms with E-state index < -0.39 is 0 Å². The van der Waals surface area contributed by atoms with E-state index >= 15 is 0 Å². The smallest absolute Gasteiger partial charge is 0.263 e. The zero-order chi connectivity index (χ0) is 24.1. The summed E-state index contributed by atoms with van der Waals surface area (Å²) < 4.78 is 12.1. The van der Waals surface area contributed by atoms with Gasteiger partial charge in [0.2, 0.25) is 5.91 Å². The number of nitrogens with zero attached hydrogens (tertiary/aromatic N) is 2.